The smallest absolute Gasteiger partial charge is 0.323 e. The molecule has 1 aromatic rings. The Morgan fingerprint density at radius 3 is 2.84 bits per heavy atom. The van der Waals surface area contributed by atoms with Crippen molar-refractivity contribution in [3.8, 4) is 12.1 Å². The first kappa shape index (κ1) is 13.3. The second kappa shape index (κ2) is 6.15. The lowest BCUT2D eigenvalue weighted by Gasteiger charge is -2.21. The molecular weight excluding hydrogens is 246 g/mol. The van der Waals surface area contributed by atoms with E-state index < -0.39 is 0 Å². The molecule has 0 bridgehead atoms. The molecule has 102 valence electrons. The number of nitriles is 1. The number of nitrogens with two attached hydrogens (primary N) is 1. The van der Waals surface area contributed by atoms with Gasteiger partial charge in [0.2, 0.25) is 11.9 Å². The van der Waals surface area contributed by atoms with Crippen molar-refractivity contribution < 1.29 is 4.74 Å². The molecule has 0 saturated heterocycles. The van der Waals surface area contributed by atoms with Crippen molar-refractivity contribution in [2.75, 3.05) is 23.5 Å². The van der Waals surface area contributed by atoms with E-state index in [0.29, 0.717) is 31.6 Å². The number of hydrogen-bond donors (Lipinski definition) is 2. The summed E-state index contributed by atoms with van der Waals surface area (Å²) < 4.78 is 5.29. The minimum absolute atomic E-state index is 0.239. The van der Waals surface area contributed by atoms with Crippen LogP contribution < -0.4 is 20.9 Å². The summed E-state index contributed by atoms with van der Waals surface area (Å²) in [4.78, 5) is 14.5. The Balaban J connectivity index is 2.24. The van der Waals surface area contributed by atoms with Crippen molar-refractivity contribution in [3.63, 3.8) is 0 Å². The molecule has 0 atom stereocenters. The number of nitrogens with one attached hydrogen (secondary N) is 1. The molecule has 0 unspecified atom stereocenters. The number of ether oxygens (including phenoxy) is 1. The summed E-state index contributed by atoms with van der Waals surface area (Å²) in [5.74, 6) is 6.11. The van der Waals surface area contributed by atoms with Gasteiger partial charge in [0, 0.05) is 12.6 Å². The lowest BCUT2D eigenvalue weighted by molar-refractivity contribution is 0.312. The molecular formula is C11H17N7O. The zero-order chi connectivity index (χ0) is 13.7. The van der Waals surface area contributed by atoms with Crippen LogP contribution in [0, 0.1) is 11.3 Å². The van der Waals surface area contributed by atoms with Crippen LogP contribution in [0.1, 0.15) is 26.2 Å². The van der Waals surface area contributed by atoms with Crippen LogP contribution in [0.2, 0.25) is 0 Å². The van der Waals surface area contributed by atoms with Gasteiger partial charge >= 0.3 is 6.01 Å². The van der Waals surface area contributed by atoms with Gasteiger partial charge in [0.25, 0.3) is 0 Å². The molecule has 2 rings (SSSR count). The van der Waals surface area contributed by atoms with Gasteiger partial charge in [0.15, 0.2) is 0 Å². The molecule has 8 nitrogen and oxygen atoms in total. The number of nitrogen functional groups attached to an aromatic ring is 1. The quantitative estimate of drug-likeness (QED) is 0.538. The monoisotopic (exact) mass is 263 g/mol. The number of rotatable bonds is 7. The molecule has 3 N–H and O–H groups in total. The third-order valence-corrected chi connectivity index (χ3v) is 2.71. The lowest BCUT2D eigenvalue weighted by atomic mass is 10.4. The molecule has 1 aliphatic carbocycles. The van der Waals surface area contributed by atoms with E-state index >= 15 is 0 Å². The normalized spacial score (nSPS) is 13.7. The third-order valence-electron chi connectivity index (χ3n) is 2.71. The van der Waals surface area contributed by atoms with E-state index in [9.17, 15) is 0 Å². The molecule has 8 heteroatoms. The third kappa shape index (κ3) is 3.42. The zero-order valence-corrected chi connectivity index (χ0v) is 10.8. The number of hydrazine groups is 1. The Labute approximate surface area is 111 Å². The molecule has 1 saturated carbocycles. The summed E-state index contributed by atoms with van der Waals surface area (Å²) in [5, 5.41) is 8.72. The standard InChI is InChI=1S/C11H17N7O/c1-2-19-11-15-9(17-13)14-10(16-11)18(7-3-6-12)8-4-5-8/h8H,2-5,7,13H2,1H3,(H,14,15,16,17). The van der Waals surface area contributed by atoms with Crippen LogP contribution >= 0.6 is 0 Å². The molecule has 0 aliphatic heterocycles. The largest absolute Gasteiger partial charge is 0.464 e. The topological polar surface area (TPSA) is 113 Å². The predicted molar refractivity (Wildman–Crippen MR) is 69.4 cm³/mol. The van der Waals surface area contributed by atoms with Gasteiger partial charge in [-0.1, -0.05) is 0 Å². The minimum Gasteiger partial charge on any atom is -0.464 e. The summed E-state index contributed by atoms with van der Waals surface area (Å²) in [7, 11) is 0. The molecule has 0 radical (unpaired) electrons. The number of nitrogens with zero attached hydrogens (tertiary/aromatic N) is 5. The van der Waals surface area contributed by atoms with Gasteiger partial charge < -0.3 is 9.64 Å². The highest BCUT2D eigenvalue weighted by molar-refractivity contribution is 5.40. The Hall–Kier alpha value is -2.14. The fraction of sp³-hybridized carbons (Fsp3) is 0.636. The van der Waals surface area contributed by atoms with Crippen LogP contribution in [0.3, 0.4) is 0 Å². The summed E-state index contributed by atoms with van der Waals surface area (Å²) in [5.41, 5.74) is 2.40. The van der Waals surface area contributed by atoms with Gasteiger partial charge in [0.1, 0.15) is 0 Å². The van der Waals surface area contributed by atoms with E-state index in [0.717, 1.165) is 12.8 Å². The predicted octanol–water partition coefficient (Wildman–Crippen LogP) is 0.438. The van der Waals surface area contributed by atoms with E-state index in [1.54, 1.807) is 0 Å². The average Bonchev–Trinajstić information content (AvgIpc) is 3.24. The molecule has 0 aromatic carbocycles. The van der Waals surface area contributed by atoms with Gasteiger partial charge in [-0.25, -0.2) is 5.84 Å². The Bertz CT molecular complexity index is 469. The Kier molecular flexibility index (Phi) is 4.30. The minimum atomic E-state index is 0.239. The number of anilines is 2. The van der Waals surface area contributed by atoms with E-state index in [2.05, 4.69) is 26.4 Å². The fourth-order valence-corrected chi connectivity index (χ4v) is 1.74. The van der Waals surface area contributed by atoms with Gasteiger partial charge in [-0.2, -0.15) is 20.2 Å². The molecule has 1 fully saturated rings. The van der Waals surface area contributed by atoms with Gasteiger partial charge in [-0.3, -0.25) is 5.43 Å². The number of aromatic nitrogens is 3. The van der Waals surface area contributed by atoms with E-state index in [1.165, 1.54) is 0 Å². The Morgan fingerprint density at radius 1 is 1.47 bits per heavy atom. The van der Waals surface area contributed by atoms with Gasteiger partial charge in [0.05, 0.1) is 19.1 Å². The van der Waals surface area contributed by atoms with Gasteiger partial charge in [-0.05, 0) is 19.8 Å². The Morgan fingerprint density at radius 2 is 2.26 bits per heavy atom. The second-order valence-electron chi connectivity index (χ2n) is 4.15. The molecule has 1 aromatic heterocycles. The fourth-order valence-electron chi connectivity index (χ4n) is 1.74. The highest BCUT2D eigenvalue weighted by Crippen LogP contribution is 2.30. The zero-order valence-electron chi connectivity index (χ0n) is 10.8. The second-order valence-corrected chi connectivity index (χ2v) is 4.15. The molecule has 19 heavy (non-hydrogen) atoms. The lowest BCUT2D eigenvalue weighted by Crippen LogP contribution is -2.29. The van der Waals surface area contributed by atoms with E-state index in [4.69, 9.17) is 15.8 Å². The summed E-state index contributed by atoms with van der Waals surface area (Å²) >= 11 is 0. The maximum absolute atomic E-state index is 8.72. The van der Waals surface area contributed by atoms with Crippen LogP contribution in [-0.4, -0.2) is 34.1 Å². The van der Waals surface area contributed by atoms with Crippen molar-refractivity contribution in [2.24, 2.45) is 5.84 Å². The van der Waals surface area contributed by atoms with Gasteiger partial charge in [-0.15, -0.1) is 0 Å². The first-order chi connectivity index (χ1) is 9.28. The highest BCUT2D eigenvalue weighted by atomic mass is 16.5. The van der Waals surface area contributed by atoms with Crippen LogP contribution in [0.25, 0.3) is 0 Å². The SMILES string of the molecule is CCOc1nc(NN)nc(N(CCC#N)C2CC2)n1. The average molecular weight is 263 g/mol. The van der Waals surface area contributed by atoms with Crippen LogP contribution in [-0.2, 0) is 0 Å². The molecule has 0 spiro atoms. The first-order valence-electron chi connectivity index (χ1n) is 6.27. The highest BCUT2D eigenvalue weighted by Gasteiger charge is 2.31. The van der Waals surface area contributed by atoms with E-state index in [-0.39, 0.29) is 12.0 Å². The molecule has 1 aliphatic rings. The van der Waals surface area contributed by atoms with Crippen molar-refractivity contribution >= 4 is 11.9 Å². The van der Waals surface area contributed by atoms with Crippen LogP contribution in [0.15, 0.2) is 0 Å². The van der Waals surface area contributed by atoms with Crippen LogP contribution in [0.5, 0.6) is 6.01 Å². The number of hydrogen-bond acceptors (Lipinski definition) is 8. The van der Waals surface area contributed by atoms with Crippen molar-refractivity contribution in [1.82, 2.24) is 15.0 Å². The summed E-state index contributed by atoms with van der Waals surface area (Å²) in [6.07, 6.45) is 2.61. The maximum Gasteiger partial charge on any atom is 0.323 e. The molecule has 1 heterocycles. The van der Waals surface area contributed by atoms with Crippen molar-refractivity contribution in [1.29, 1.82) is 5.26 Å². The van der Waals surface area contributed by atoms with Crippen molar-refractivity contribution in [2.45, 2.75) is 32.2 Å². The van der Waals surface area contributed by atoms with Crippen molar-refractivity contribution in [3.05, 3.63) is 0 Å². The maximum atomic E-state index is 8.72. The first-order valence-corrected chi connectivity index (χ1v) is 6.27. The summed E-state index contributed by atoms with van der Waals surface area (Å²) in [6.45, 7) is 2.92. The van der Waals surface area contributed by atoms with Crippen LogP contribution in [0.4, 0.5) is 11.9 Å². The molecule has 0 amide bonds. The van der Waals surface area contributed by atoms with E-state index in [1.807, 2.05) is 11.8 Å². The summed E-state index contributed by atoms with van der Waals surface area (Å²) in [6, 6.07) is 2.77.